The third kappa shape index (κ3) is 2.88. The second kappa shape index (κ2) is 5.74. The van der Waals surface area contributed by atoms with E-state index in [1.807, 2.05) is 6.08 Å². The van der Waals surface area contributed by atoms with Crippen LogP contribution in [0.5, 0.6) is 0 Å². The van der Waals surface area contributed by atoms with Gasteiger partial charge in [-0.25, -0.2) is 0 Å². The molecule has 0 aliphatic carbocycles. The molecule has 0 amide bonds. The molecule has 0 N–H and O–H groups in total. The molecule has 1 heterocycles. The standard InChI is InChI=1S/C15H21N/c1-2-7-14-8-10-15(11-9-14)16-12-5-3-4-6-13-16/h2,8-11H,1,3-7,12-13H2. The lowest BCUT2D eigenvalue weighted by Gasteiger charge is -2.22. The molecule has 0 unspecified atom stereocenters. The van der Waals surface area contributed by atoms with Crippen LogP contribution in [-0.4, -0.2) is 13.1 Å². The Bertz CT molecular complexity index is 318. The van der Waals surface area contributed by atoms with Crippen molar-refractivity contribution in [2.75, 3.05) is 18.0 Å². The van der Waals surface area contributed by atoms with E-state index in [-0.39, 0.29) is 0 Å². The highest BCUT2D eigenvalue weighted by atomic mass is 15.1. The molecule has 1 fully saturated rings. The van der Waals surface area contributed by atoms with Crippen molar-refractivity contribution >= 4 is 5.69 Å². The van der Waals surface area contributed by atoms with E-state index in [2.05, 4.69) is 35.7 Å². The second-order valence-corrected chi connectivity index (χ2v) is 4.56. The molecule has 1 aliphatic heterocycles. The highest BCUT2D eigenvalue weighted by Gasteiger charge is 2.09. The van der Waals surface area contributed by atoms with Crippen molar-refractivity contribution in [2.24, 2.45) is 0 Å². The maximum atomic E-state index is 3.77. The first-order chi connectivity index (χ1) is 7.90. The van der Waals surface area contributed by atoms with Gasteiger partial charge in [-0.05, 0) is 37.0 Å². The number of nitrogens with zero attached hydrogens (tertiary/aromatic N) is 1. The first-order valence-corrected chi connectivity index (χ1v) is 6.35. The van der Waals surface area contributed by atoms with Crippen LogP contribution in [0.25, 0.3) is 0 Å². The minimum Gasteiger partial charge on any atom is -0.372 e. The van der Waals surface area contributed by atoms with Crippen molar-refractivity contribution < 1.29 is 0 Å². The third-order valence-electron chi connectivity index (χ3n) is 3.29. The number of anilines is 1. The van der Waals surface area contributed by atoms with Gasteiger partial charge >= 0.3 is 0 Å². The smallest absolute Gasteiger partial charge is 0.0366 e. The zero-order valence-electron chi connectivity index (χ0n) is 9.99. The molecule has 16 heavy (non-hydrogen) atoms. The molecule has 0 saturated carbocycles. The predicted molar refractivity (Wildman–Crippen MR) is 71.0 cm³/mol. The topological polar surface area (TPSA) is 3.24 Å². The van der Waals surface area contributed by atoms with Gasteiger partial charge in [-0.3, -0.25) is 0 Å². The number of rotatable bonds is 3. The summed E-state index contributed by atoms with van der Waals surface area (Å²) in [7, 11) is 0. The average molecular weight is 215 g/mol. The highest BCUT2D eigenvalue weighted by Crippen LogP contribution is 2.20. The van der Waals surface area contributed by atoms with Gasteiger partial charge in [-0.2, -0.15) is 0 Å². The maximum absolute atomic E-state index is 3.77. The second-order valence-electron chi connectivity index (χ2n) is 4.56. The van der Waals surface area contributed by atoms with E-state index in [9.17, 15) is 0 Å². The molecular weight excluding hydrogens is 194 g/mol. The van der Waals surface area contributed by atoms with E-state index in [0.29, 0.717) is 0 Å². The van der Waals surface area contributed by atoms with Crippen LogP contribution < -0.4 is 4.90 Å². The minimum atomic E-state index is 0.972. The summed E-state index contributed by atoms with van der Waals surface area (Å²) < 4.78 is 0. The molecule has 0 aromatic heterocycles. The summed E-state index contributed by atoms with van der Waals surface area (Å²) >= 11 is 0. The first-order valence-electron chi connectivity index (χ1n) is 6.35. The van der Waals surface area contributed by atoms with Crippen molar-refractivity contribution in [3.8, 4) is 0 Å². The fourth-order valence-corrected chi connectivity index (χ4v) is 2.34. The lowest BCUT2D eigenvalue weighted by Crippen LogP contribution is -2.23. The van der Waals surface area contributed by atoms with E-state index in [1.165, 1.54) is 50.0 Å². The molecule has 1 saturated heterocycles. The van der Waals surface area contributed by atoms with Gasteiger partial charge in [-0.15, -0.1) is 6.58 Å². The molecule has 0 bridgehead atoms. The van der Waals surface area contributed by atoms with Crippen molar-refractivity contribution in [3.63, 3.8) is 0 Å². The molecule has 1 nitrogen and oxygen atoms in total. The zero-order valence-corrected chi connectivity index (χ0v) is 9.99. The minimum absolute atomic E-state index is 0.972. The SMILES string of the molecule is C=CCc1ccc(N2CCCCCC2)cc1. The molecule has 0 atom stereocenters. The first kappa shape index (κ1) is 11.3. The Labute approximate surface area is 98.8 Å². The van der Waals surface area contributed by atoms with Crippen molar-refractivity contribution in [3.05, 3.63) is 42.5 Å². The number of benzene rings is 1. The van der Waals surface area contributed by atoms with Gasteiger partial charge < -0.3 is 4.90 Å². The normalized spacial score (nSPS) is 16.9. The van der Waals surface area contributed by atoms with Crippen LogP contribution in [0.15, 0.2) is 36.9 Å². The number of allylic oxidation sites excluding steroid dienone is 1. The quantitative estimate of drug-likeness (QED) is 0.693. The van der Waals surface area contributed by atoms with Crippen LogP contribution in [-0.2, 0) is 6.42 Å². The van der Waals surface area contributed by atoms with Crippen LogP contribution in [0.2, 0.25) is 0 Å². The van der Waals surface area contributed by atoms with Gasteiger partial charge in [0.05, 0.1) is 0 Å². The Morgan fingerprint density at radius 2 is 1.62 bits per heavy atom. The monoisotopic (exact) mass is 215 g/mol. The van der Waals surface area contributed by atoms with E-state index < -0.39 is 0 Å². The lowest BCUT2D eigenvalue weighted by atomic mass is 10.1. The summed E-state index contributed by atoms with van der Waals surface area (Å²) in [5.41, 5.74) is 2.74. The van der Waals surface area contributed by atoms with Crippen LogP contribution in [0.4, 0.5) is 5.69 Å². The molecule has 1 aromatic carbocycles. The van der Waals surface area contributed by atoms with E-state index >= 15 is 0 Å². The fraction of sp³-hybridized carbons (Fsp3) is 0.467. The van der Waals surface area contributed by atoms with Crippen molar-refractivity contribution in [1.29, 1.82) is 0 Å². The summed E-state index contributed by atoms with van der Waals surface area (Å²) in [6.07, 6.45) is 8.40. The fourth-order valence-electron chi connectivity index (χ4n) is 2.34. The van der Waals surface area contributed by atoms with Gasteiger partial charge in [0.2, 0.25) is 0 Å². The van der Waals surface area contributed by atoms with Gasteiger partial charge in [0.25, 0.3) is 0 Å². The lowest BCUT2D eigenvalue weighted by molar-refractivity contribution is 0.726. The summed E-state index contributed by atoms with van der Waals surface area (Å²) in [6.45, 7) is 6.22. The van der Waals surface area contributed by atoms with Gasteiger partial charge in [0, 0.05) is 18.8 Å². The third-order valence-corrected chi connectivity index (χ3v) is 3.29. The van der Waals surface area contributed by atoms with Crippen LogP contribution in [0.1, 0.15) is 31.2 Å². The molecule has 86 valence electrons. The van der Waals surface area contributed by atoms with Gasteiger partial charge in [-0.1, -0.05) is 31.1 Å². The summed E-state index contributed by atoms with van der Waals surface area (Å²) in [4.78, 5) is 2.52. The van der Waals surface area contributed by atoms with Crippen LogP contribution >= 0.6 is 0 Å². The van der Waals surface area contributed by atoms with Crippen molar-refractivity contribution in [2.45, 2.75) is 32.1 Å². The summed E-state index contributed by atoms with van der Waals surface area (Å²) in [5.74, 6) is 0. The van der Waals surface area contributed by atoms with Crippen LogP contribution in [0, 0.1) is 0 Å². The van der Waals surface area contributed by atoms with Gasteiger partial charge in [0.1, 0.15) is 0 Å². The van der Waals surface area contributed by atoms with E-state index in [1.54, 1.807) is 0 Å². The Morgan fingerprint density at radius 1 is 1.00 bits per heavy atom. The van der Waals surface area contributed by atoms with Crippen LogP contribution in [0.3, 0.4) is 0 Å². The molecule has 1 aromatic rings. The van der Waals surface area contributed by atoms with E-state index in [4.69, 9.17) is 0 Å². The zero-order chi connectivity index (χ0) is 11.2. The number of hydrogen-bond donors (Lipinski definition) is 0. The largest absolute Gasteiger partial charge is 0.372 e. The Kier molecular flexibility index (Phi) is 4.03. The predicted octanol–water partition coefficient (Wildman–Crippen LogP) is 3.80. The molecule has 1 heteroatoms. The van der Waals surface area contributed by atoms with E-state index in [0.717, 1.165) is 6.42 Å². The Balaban J connectivity index is 2.04. The average Bonchev–Trinajstić information content (AvgIpc) is 2.59. The Hall–Kier alpha value is -1.24. The molecule has 1 aliphatic rings. The maximum Gasteiger partial charge on any atom is 0.0366 e. The van der Waals surface area contributed by atoms with Gasteiger partial charge in [0.15, 0.2) is 0 Å². The molecule has 0 radical (unpaired) electrons. The Morgan fingerprint density at radius 3 is 2.19 bits per heavy atom. The molecule has 0 spiro atoms. The summed E-state index contributed by atoms with van der Waals surface area (Å²) in [6, 6.07) is 8.96. The highest BCUT2D eigenvalue weighted by molar-refractivity contribution is 5.47. The molecule has 2 rings (SSSR count). The molecular formula is C15H21N. The number of hydrogen-bond acceptors (Lipinski definition) is 1. The summed E-state index contributed by atoms with van der Waals surface area (Å²) in [5, 5.41) is 0. The van der Waals surface area contributed by atoms with Crippen molar-refractivity contribution in [1.82, 2.24) is 0 Å².